The summed E-state index contributed by atoms with van der Waals surface area (Å²) in [6, 6.07) is 8.16. The Morgan fingerprint density at radius 1 is 1.14 bits per heavy atom. The quantitative estimate of drug-likeness (QED) is 0.532. The fourth-order valence-corrected chi connectivity index (χ4v) is 6.63. The molecule has 2 heterocycles. The van der Waals surface area contributed by atoms with Crippen molar-refractivity contribution < 1.29 is 27.5 Å². The minimum atomic E-state index is -4.12. The van der Waals surface area contributed by atoms with E-state index in [1.807, 2.05) is 0 Å². The molecule has 0 unspecified atom stereocenters. The van der Waals surface area contributed by atoms with Crippen LogP contribution in [-0.4, -0.2) is 98.3 Å². The predicted molar refractivity (Wildman–Crippen MR) is 139 cm³/mol. The highest BCUT2D eigenvalue weighted by Gasteiger charge is 2.44. The van der Waals surface area contributed by atoms with Crippen LogP contribution in [0.25, 0.3) is 10.8 Å². The Kier molecular flexibility index (Phi) is 8.37. The summed E-state index contributed by atoms with van der Waals surface area (Å²) in [5.41, 5.74) is 0. The second-order valence-corrected chi connectivity index (χ2v) is 11.5. The number of likely N-dealkylation sites (tertiary alicyclic amines) is 1. The molecule has 0 aliphatic carbocycles. The lowest BCUT2D eigenvalue weighted by molar-refractivity contribution is -0.146. The van der Waals surface area contributed by atoms with Crippen molar-refractivity contribution in [2.45, 2.75) is 37.2 Å². The van der Waals surface area contributed by atoms with Gasteiger partial charge in [-0.3, -0.25) is 14.4 Å². The van der Waals surface area contributed by atoms with Gasteiger partial charge in [-0.1, -0.05) is 23.7 Å². The topological polar surface area (TPSA) is 116 Å². The van der Waals surface area contributed by atoms with Gasteiger partial charge in [-0.2, -0.15) is 4.31 Å². The zero-order chi connectivity index (χ0) is 26.7. The Labute approximate surface area is 221 Å². The van der Waals surface area contributed by atoms with Crippen LogP contribution in [0, 0.1) is 0 Å². The molecule has 2 atom stereocenters. The maximum atomic E-state index is 13.8. The lowest BCUT2D eigenvalue weighted by atomic mass is 10.1. The molecular formula is C25H31ClN4O6S. The number of hydrogen-bond acceptors (Lipinski definition) is 6. The van der Waals surface area contributed by atoms with Crippen LogP contribution in [0.3, 0.4) is 0 Å². The van der Waals surface area contributed by atoms with Crippen molar-refractivity contribution in [3.63, 3.8) is 0 Å². The van der Waals surface area contributed by atoms with Crippen molar-refractivity contribution in [2.24, 2.45) is 0 Å². The molecule has 0 aromatic heterocycles. The molecule has 2 aromatic carbocycles. The fraction of sp³-hybridized carbons (Fsp3) is 0.480. The minimum absolute atomic E-state index is 0.0360. The second-order valence-electron chi connectivity index (χ2n) is 9.20. The Bertz CT molecular complexity index is 1300. The van der Waals surface area contributed by atoms with E-state index in [0.717, 1.165) is 9.69 Å². The maximum absolute atomic E-state index is 13.8. The van der Waals surface area contributed by atoms with E-state index in [1.54, 1.807) is 42.2 Å². The molecule has 0 spiro atoms. The van der Waals surface area contributed by atoms with E-state index < -0.39 is 28.0 Å². The molecule has 0 bridgehead atoms. The van der Waals surface area contributed by atoms with E-state index in [-0.39, 0.29) is 42.8 Å². The summed E-state index contributed by atoms with van der Waals surface area (Å²) in [5.74, 6) is -0.907. The van der Waals surface area contributed by atoms with Gasteiger partial charge in [0.2, 0.25) is 27.7 Å². The van der Waals surface area contributed by atoms with Crippen LogP contribution < -0.4 is 5.32 Å². The first-order valence-corrected chi connectivity index (χ1v) is 14.0. The molecule has 10 nitrogen and oxygen atoms in total. The van der Waals surface area contributed by atoms with Crippen LogP contribution in [0.2, 0.25) is 5.02 Å². The van der Waals surface area contributed by atoms with Crippen LogP contribution in [0.1, 0.15) is 20.3 Å². The number of nitrogens with zero attached hydrogens (tertiary/aromatic N) is 3. The van der Waals surface area contributed by atoms with Crippen molar-refractivity contribution >= 4 is 50.1 Å². The number of hydrogen-bond donors (Lipinski definition) is 1. The van der Waals surface area contributed by atoms with Gasteiger partial charge >= 0.3 is 0 Å². The number of fused-ring (bicyclic) bond motifs is 1. The van der Waals surface area contributed by atoms with E-state index >= 15 is 0 Å². The summed E-state index contributed by atoms with van der Waals surface area (Å²) in [5, 5.41) is 4.63. The van der Waals surface area contributed by atoms with Crippen LogP contribution >= 0.6 is 11.6 Å². The standard InChI is InChI=1S/C25H31ClN4O6S/c1-17(24(32)28-11-13-36-14-12-28)29-9-7-23(25(29)33)30(10-8-27-18(2)31)37(34,35)22-6-4-19-15-21(26)5-3-20(19)16-22/h3-6,15-17,23H,7-14H2,1-2H3,(H,27,31)/t17-,23-/m0/s1. The smallest absolute Gasteiger partial charge is 0.245 e. The zero-order valence-electron chi connectivity index (χ0n) is 20.9. The second kappa shape index (κ2) is 11.3. The highest BCUT2D eigenvalue weighted by molar-refractivity contribution is 7.89. The molecule has 3 amide bonds. The number of ether oxygens (including phenoxy) is 1. The highest BCUT2D eigenvalue weighted by Crippen LogP contribution is 2.29. The molecule has 0 saturated carbocycles. The van der Waals surface area contributed by atoms with Crippen LogP contribution in [0.15, 0.2) is 41.3 Å². The molecule has 1 N–H and O–H groups in total. The number of halogens is 1. The number of benzene rings is 2. The fourth-order valence-electron chi connectivity index (χ4n) is 4.80. The van der Waals surface area contributed by atoms with Gasteiger partial charge in [0, 0.05) is 44.7 Å². The molecule has 2 fully saturated rings. The summed E-state index contributed by atoms with van der Waals surface area (Å²) in [6.45, 7) is 5.03. The van der Waals surface area contributed by atoms with Crippen LogP contribution in [0.5, 0.6) is 0 Å². The van der Waals surface area contributed by atoms with E-state index in [9.17, 15) is 22.8 Å². The Balaban J connectivity index is 1.60. The van der Waals surface area contributed by atoms with E-state index in [1.165, 1.54) is 17.9 Å². The number of carbonyl (C=O) groups excluding carboxylic acids is 3. The Morgan fingerprint density at radius 3 is 2.51 bits per heavy atom. The maximum Gasteiger partial charge on any atom is 0.245 e. The summed E-state index contributed by atoms with van der Waals surface area (Å²) in [7, 11) is -4.12. The number of rotatable bonds is 8. The first-order valence-electron chi connectivity index (χ1n) is 12.2. The third-order valence-corrected chi connectivity index (χ3v) is 8.93. The van der Waals surface area contributed by atoms with Crippen molar-refractivity contribution in [2.75, 3.05) is 45.9 Å². The summed E-state index contributed by atoms with van der Waals surface area (Å²) in [6.07, 6.45) is 0.238. The average molecular weight is 551 g/mol. The number of carbonyl (C=O) groups is 3. The normalized spacial score (nSPS) is 19.5. The monoisotopic (exact) mass is 550 g/mol. The molecule has 4 rings (SSSR count). The predicted octanol–water partition coefficient (Wildman–Crippen LogP) is 1.47. The van der Waals surface area contributed by atoms with Gasteiger partial charge < -0.3 is 19.9 Å². The number of sulfonamides is 1. The molecule has 2 aliphatic heterocycles. The van der Waals surface area contributed by atoms with Crippen molar-refractivity contribution in [1.29, 1.82) is 0 Å². The van der Waals surface area contributed by atoms with Crippen LogP contribution in [0.4, 0.5) is 0 Å². The summed E-state index contributed by atoms with van der Waals surface area (Å²) >= 11 is 6.06. The Morgan fingerprint density at radius 2 is 1.81 bits per heavy atom. The highest BCUT2D eigenvalue weighted by atomic mass is 35.5. The van der Waals surface area contributed by atoms with Gasteiger partial charge in [0.15, 0.2) is 0 Å². The average Bonchev–Trinajstić information content (AvgIpc) is 3.26. The third kappa shape index (κ3) is 5.90. The summed E-state index contributed by atoms with van der Waals surface area (Å²) < 4.78 is 34.1. The van der Waals surface area contributed by atoms with Gasteiger partial charge in [-0.15, -0.1) is 0 Å². The van der Waals surface area contributed by atoms with Crippen molar-refractivity contribution in [3.05, 3.63) is 41.4 Å². The SMILES string of the molecule is CC(=O)NCCN([C@H]1CCN([C@@H](C)C(=O)N2CCOCC2)C1=O)S(=O)(=O)c1ccc2cc(Cl)ccc2c1. The van der Waals surface area contributed by atoms with Gasteiger partial charge in [0.25, 0.3) is 0 Å². The molecule has 200 valence electrons. The van der Waals surface area contributed by atoms with Crippen molar-refractivity contribution in [1.82, 2.24) is 19.4 Å². The minimum Gasteiger partial charge on any atom is -0.378 e. The largest absolute Gasteiger partial charge is 0.378 e. The van der Waals surface area contributed by atoms with Crippen LogP contribution in [-0.2, 0) is 29.1 Å². The molecule has 12 heteroatoms. The van der Waals surface area contributed by atoms with Gasteiger partial charge in [0.1, 0.15) is 12.1 Å². The number of amides is 3. The van der Waals surface area contributed by atoms with Gasteiger partial charge in [0.05, 0.1) is 18.1 Å². The first kappa shape index (κ1) is 27.3. The molecule has 2 saturated heterocycles. The first-order chi connectivity index (χ1) is 17.6. The lowest BCUT2D eigenvalue weighted by Gasteiger charge is -2.33. The Hall–Kier alpha value is -2.73. The zero-order valence-corrected chi connectivity index (χ0v) is 22.4. The van der Waals surface area contributed by atoms with Crippen molar-refractivity contribution in [3.8, 4) is 0 Å². The number of nitrogens with one attached hydrogen (secondary N) is 1. The number of morpholine rings is 1. The van der Waals surface area contributed by atoms with Gasteiger partial charge in [-0.25, -0.2) is 8.42 Å². The summed E-state index contributed by atoms with van der Waals surface area (Å²) in [4.78, 5) is 41.1. The lowest BCUT2D eigenvalue weighted by Crippen LogP contribution is -2.53. The van der Waals surface area contributed by atoms with Gasteiger partial charge in [-0.05, 0) is 48.4 Å². The molecule has 0 radical (unpaired) electrons. The molecule has 37 heavy (non-hydrogen) atoms. The molecule has 2 aromatic rings. The third-order valence-electron chi connectivity index (χ3n) is 6.79. The van der Waals surface area contributed by atoms with E-state index in [4.69, 9.17) is 16.3 Å². The van der Waals surface area contributed by atoms with E-state index in [0.29, 0.717) is 36.7 Å². The van der Waals surface area contributed by atoms with E-state index in [2.05, 4.69) is 5.32 Å². The molecule has 2 aliphatic rings. The molecular weight excluding hydrogens is 520 g/mol.